The second kappa shape index (κ2) is 8.12. The van der Waals surface area contributed by atoms with Crippen molar-refractivity contribution in [3.05, 3.63) is 58.3 Å². The van der Waals surface area contributed by atoms with Gasteiger partial charge in [0, 0.05) is 30.2 Å². The molecule has 2 aromatic carbocycles. The number of nitrogens with one attached hydrogen (secondary N) is 1. The lowest BCUT2D eigenvalue weighted by molar-refractivity contribution is 0.199. The van der Waals surface area contributed by atoms with Crippen molar-refractivity contribution in [3.63, 3.8) is 0 Å². The number of hydrogen-bond acceptors (Lipinski definition) is 3. The van der Waals surface area contributed by atoms with Gasteiger partial charge in [-0.1, -0.05) is 22.0 Å². The second-order valence-electron chi connectivity index (χ2n) is 4.48. The van der Waals surface area contributed by atoms with Crippen molar-refractivity contribution in [3.8, 4) is 11.5 Å². The molecule has 0 aliphatic heterocycles. The van der Waals surface area contributed by atoms with Crippen molar-refractivity contribution in [2.24, 2.45) is 0 Å². The molecule has 0 aliphatic carbocycles. The molecule has 0 atom stereocenters. The lowest BCUT2D eigenvalue weighted by Gasteiger charge is -2.12. The zero-order valence-corrected chi connectivity index (χ0v) is 13.3. The number of methoxy groups -OCH3 is 1. The summed E-state index contributed by atoms with van der Waals surface area (Å²) in [6.45, 7) is 2.10. The van der Waals surface area contributed by atoms with Crippen molar-refractivity contribution in [1.82, 2.24) is 5.32 Å². The Bertz CT molecular complexity index is 575. The third-order valence-corrected chi connectivity index (χ3v) is 3.36. The van der Waals surface area contributed by atoms with E-state index in [0.717, 1.165) is 22.3 Å². The molecule has 21 heavy (non-hydrogen) atoms. The van der Waals surface area contributed by atoms with E-state index in [1.54, 1.807) is 19.2 Å². The normalized spacial score (nSPS) is 10.6. The van der Waals surface area contributed by atoms with Gasteiger partial charge in [-0.25, -0.2) is 4.39 Å². The Morgan fingerprint density at radius 2 is 1.90 bits per heavy atom. The summed E-state index contributed by atoms with van der Waals surface area (Å²) in [5, 5.41) is 3.28. The summed E-state index contributed by atoms with van der Waals surface area (Å²) in [7, 11) is 1.67. The Kier molecular flexibility index (Phi) is 6.17. The van der Waals surface area contributed by atoms with Crippen LogP contribution in [0.1, 0.15) is 5.56 Å². The molecule has 112 valence electrons. The molecular weight excluding hydrogens is 337 g/mol. The Labute approximate surface area is 132 Å². The van der Waals surface area contributed by atoms with Crippen LogP contribution in [0.3, 0.4) is 0 Å². The predicted molar refractivity (Wildman–Crippen MR) is 84.2 cm³/mol. The first-order valence-corrected chi connectivity index (χ1v) is 7.40. The van der Waals surface area contributed by atoms with Gasteiger partial charge in [-0.05, 0) is 36.4 Å². The van der Waals surface area contributed by atoms with E-state index in [-0.39, 0.29) is 5.82 Å². The molecule has 0 aliphatic rings. The van der Waals surface area contributed by atoms with Gasteiger partial charge in [-0.15, -0.1) is 0 Å². The van der Waals surface area contributed by atoms with Gasteiger partial charge in [0.1, 0.15) is 17.3 Å². The SMILES string of the molecule is COCCNCc1ccc(Br)cc1Oc1ccc(F)cc1. The number of ether oxygens (including phenoxy) is 2. The molecule has 0 aromatic heterocycles. The highest BCUT2D eigenvalue weighted by Crippen LogP contribution is 2.28. The third kappa shape index (κ3) is 5.12. The van der Waals surface area contributed by atoms with E-state index >= 15 is 0 Å². The molecule has 0 saturated carbocycles. The van der Waals surface area contributed by atoms with Crippen molar-refractivity contribution >= 4 is 15.9 Å². The van der Waals surface area contributed by atoms with Gasteiger partial charge in [-0.3, -0.25) is 0 Å². The summed E-state index contributed by atoms with van der Waals surface area (Å²) in [4.78, 5) is 0. The fourth-order valence-electron chi connectivity index (χ4n) is 1.80. The van der Waals surface area contributed by atoms with Gasteiger partial charge in [0.2, 0.25) is 0 Å². The zero-order valence-electron chi connectivity index (χ0n) is 11.7. The fourth-order valence-corrected chi connectivity index (χ4v) is 2.14. The van der Waals surface area contributed by atoms with Crippen LogP contribution >= 0.6 is 15.9 Å². The maximum atomic E-state index is 12.9. The van der Waals surface area contributed by atoms with E-state index in [1.807, 2.05) is 18.2 Å². The van der Waals surface area contributed by atoms with Crippen molar-refractivity contribution in [2.75, 3.05) is 20.3 Å². The van der Waals surface area contributed by atoms with Gasteiger partial charge in [0.15, 0.2) is 0 Å². The van der Waals surface area contributed by atoms with E-state index in [4.69, 9.17) is 9.47 Å². The van der Waals surface area contributed by atoms with Gasteiger partial charge in [0.25, 0.3) is 0 Å². The van der Waals surface area contributed by atoms with Gasteiger partial charge >= 0.3 is 0 Å². The molecule has 0 unspecified atom stereocenters. The summed E-state index contributed by atoms with van der Waals surface area (Å²) < 4.78 is 24.7. The predicted octanol–water partition coefficient (Wildman–Crippen LogP) is 4.12. The summed E-state index contributed by atoms with van der Waals surface area (Å²) in [5.41, 5.74) is 1.03. The first-order valence-electron chi connectivity index (χ1n) is 6.60. The number of rotatable bonds is 7. The summed E-state index contributed by atoms with van der Waals surface area (Å²) in [5.74, 6) is 1.06. The molecule has 0 fully saturated rings. The van der Waals surface area contributed by atoms with E-state index in [1.165, 1.54) is 12.1 Å². The van der Waals surface area contributed by atoms with E-state index < -0.39 is 0 Å². The van der Waals surface area contributed by atoms with Gasteiger partial charge in [-0.2, -0.15) is 0 Å². The van der Waals surface area contributed by atoms with E-state index in [9.17, 15) is 4.39 Å². The molecule has 5 heteroatoms. The van der Waals surface area contributed by atoms with Crippen LogP contribution < -0.4 is 10.1 Å². The average Bonchev–Trinajstić information content (AvgIpc) is 2.48. The number of hydrogen-bond donors (Lipinski definition) is 1. The molecule has 0 amide bonds. The molecule has 3 nitrogen and oxygen atoms in total. The largest absolute Gasteiger partial charge is 0.457 e. The monoisotopic (exact) mass is 353 g/mol. The molecule has 0 saturated heterocycles. The number of benzene rings is 2. The third-order valence-electron chi connectivity index (χ3n) is 2.87. The van der Waals surface area contributed by atoms with E-state index in [2.05, 4.69) is 21.2 Å². The van der Waals surface area contributed by atoms with Crippen molar-refractivity contribution < 1.29 is 13.9 Å². The van der Waals surface area contributed by atoms with Crippen LogP contribution in [-0.4, -0.2) is 20.3 Å². The van der Waals surface area contributed by atoms with Crippen LogP contribution in [0.4, 0.5) is 4.39 Å². The molecule has 2 rings (SSSR count). The second-order valence-corrected chi connectivity index (χ2v) is 5.39. The molecule has 0 heterocycles. The smallest absolute Gasteiger partial charge is 0.133 e. The topological polar surface area (TPSA) is 30.5 Å². The van der Waals surface area contributed by atoms with Crippen LogP contribution in [0.25, 0.3) is 0 Å². The Balaban J connectivity index is 2.09. The first-order chi connectivity index (χ1) is 10.2. The van der Waals surface area contributed by atoms with Gasteiger partial charge in [0.05, 0.1) is 6.61 Å². The van der Waals surface area contributed by atoms with E-state index in [0.29, 0.717) is 18.9 Å². The molecule has 0 spiro atoms. The quantitative estimate of drug-likeness (QED) is 0.759. The maximum absolute atomic E-state index is 12.9. The molecular formula is C16H17BrFNO2. The first kappa shape index (κ1) is 15.9. The van der Waals surface area contributed by atoms with Crippen LogP contribution in [0.15, 0.2) is 46.9 Å². The Morgan fingerprint density at radius 1 is 1.14 bits per heavy atom. The van der Waals surface area contributed by atoms with Crippen LogP contribution in [0, 0.1) is 5.82 Å². The molecule has 2 aromatic rings. The minimum absolute atomic E-state index is 0.280. The lowest BCUT2D eigenvalue weighted by Crippen LogP contribution is -2.18. The Morgan fingerprint density at radius 3 is 2.62 bits per heavy atom. The minimum Gasteiger partial charge on any atom is -0.457 e. The number of halogens is 2. The lowest BCUT2D eigenvalue weighted by atomic mass is 10.2. The van der Waals surface area contributed by atoms with Gasteiger partial charge < -0.3 is 14.8 Å². The zero-order chi connectivity index (χ0) is 15.1. The highest BCUT2D eigenvalue weighted by molar-refractivity contribution is 9.10. The summed E-state index contributed by atoms with van der Waals surface area (Å²) in [6.07, 6.45) is 0. The van der Waals surface area contributed by atoms with Crippen molar-refractivity contribution in [1.29, 1.82) is 0 Å². The standard InChI is InChI=1S/C16H17BrFNO2/c1-20-9-8-19-11-12-2-3-13(17)10-16(12)21-15-6-4-14(18)5-7-15/h2-7,10,19H,8-9,11H2,1H3. The minimum atomic E-state index is -0.280. The average molecular weight is 354 g/mol. The van der Waals surface area contributed by atoms with Crippen molar-refractivity contribution in [2.45, 2.75) is 6.54 Å². The van der Waals surface area contributed by atoms with Crippen LogP contribution in [0.5, 0.6) is 11.5 Å². The summed E-state index contributed by atoms with van der Waals surface area (Å²) >= 11 is 3.43. The fraction of sp³-hybridized carbons (Fsp3) is 0.250. The van der Waals surface area contributed by atoms with Crippen LogP contribution in [-0.2, 0) is 11.3 Å². The maximum Gasteiger partial charge on any atom is 0.133 e. The highest BCUT2D eigenvalue weighted by Gasteiger charge is 2.06. The van der Waals surface area contributed by atoms with Crippen LogP contribution in [0.2, 0.25) is 0 Å². The molecule has 0 radical (unpaired) electrons. The highest BCUT2D eigenvalue weighted by atomic mass is 79.9. The molecule has 1 N–H and O–H groups in total. The molecule has 0 bridgehead atoms. The Hall–Kier alpha value is -1.43. The summed E-state index contributed by atoms with van der Waals surface area (Å²) in [6, 6.07) is 11.8.